The molecule has 94 valence electrons. The smallest absolute Gasteiger partial charge is 0.0586 e. The molecule has 0 aromatic heterocycles. The minimum Gasteiger partial charge on any atom is -0.395 e. The van der Waals surface area contributed by atoms with Gasteiger partial charge in [-0.1, -0.05) is 26.8 Å². The molecule has 0 aromatic carbocycles. The third-order valence-electron chi connectivity index (χ3n) is 3.15. The van der Waals surface area contributed by atoms with Crippen molar-refractivity contribution >= 4 is 0 Å². The predicted molar refractivity (Wildman–Crippen MR) is 68.6 cm³/mol. The van der Waals surface area contributed by atoms with Crippen LogP contribution in [0.3, 0.4) is 0 Å². The standard InChI is InChI=1S/C13H26N2O/c1-11(2)14-8-12(3)9-15-7-5-4-6-13(15)10-16/h11,13-14,16H,3-10H2,1-2H3. The summed E-state index contributed by atoms with van der Waals surface area (Å²) < 4.78 is 0. The lowest BCUT2D eigenvalue weighted by Crippen LogP contribution is -2.43. The number of hydrogen-bond acceptors (Lipinski definition) is 3. The van der Waals surface area contributed by atoms with Crippen molar-refractivity contribution in [2.24, 2.45) is 0 Å². The Labute approximate surface area is 99.5 Å². The van der Waals surface area contributed by atoms with Gasteiger partial charge in [0.05, 0.1) is 6.61 Å². The zero-order valence-electron chi connectivity index (χ0n) is 10.7. The Morgan fingerprint density at radius 1 is 1.50 bits per heavy atom. The summed E-state index contributed by atoms with van der Waals surface area (Å²) in [6.07, 6.45) is 3.63. The maximum absolute atomic E-state index is 9.31. The van der Waals surface area contributed by atoms with Gasteiger partial charge in [0.25, 0.3) is 0 Å². The van der Waals surface area contributed by atoms with Crippen LogP contribution in [-0.4, -0.2) is 48.3 Å². The molecule has 16 heavy (non-hydrogen) atoms. The van der Waals surface area contributed by atoms with Gasteiger partial charge in [0.15, 0.2) is 0 Å². The lowest BCUT2D eigenvalue weighted by Gasteiger charge is -2.35. The van der Waals surface area contributed by atoms with E-state index in [9.17, 15) is 5.11 Å². The van der Waals surface area contributed by atoms with Gasteiger partial charge < -0.3 is 10.4 Å². The highest BCUT2D eigenvalue weighted by atomic mass is 16.3. The highest BCUT2D eigenvalue weighted by molar-refractivity contribution is 5.01. The Hall–Kier alpha value is -0.380. The fourth-order valence-electron chi connectivity index (χ4n) is 2.17. The van der Waals surface area contributed by atoms with E-state index in [0.717, 1.165) is 26.1 Å². The van der Waals surface area contributed by atoms with E-state index >= 15 is 0 Å². The first-order valence-electron chi connectivity index (χ1n) is 6.38. The normalized spacial score (nSPS) is 22.6. The van der Waals surface area contributed by atoms with E-state index in [1.165, 1.54) is 18.4 Å². The molecule has 1 heterocycles. The molecule has 2 N–H and O–H groups in total. The maximum Gasteiger partial charge on any atom is 0.0586 e. The van der Waals surface area contributed by atoms with Crippen LogP contribution in [0.25, 0.3) is 0 Å². The Morgan fingerprint density at radius 2 is 2.25 bits per heavy atom. The van der Waals surface area contributed by atoms with Gasteiger partial charge >= 0.3 is 0 Å². The molecule has 0 aromatic rings. The zero-order valence-corrected chi connectivity index (χ0v) is 10.7. The van der Waals surface area contributed by atoms with Crippen LogP contribution in [0.5, 0.6) is 0 Å². The van der Waals surface area contributed by atoms with Crippen molar-refractivity contribution in [3.05, 3.63) is 12.2 Å². The molecule has 0 saturated carbocycles. The second-order valence-electron chi connectivity index (χ2n) is 5.09. The Balaban J connectivity index is 2.30. The van der Waals surface area contributed by atoms with Crippen molar-refractivity contribution in [2.75, 3.05) is 26.2 Å². The molecular weight excluding hydrogens is 200 g/mol. The minimum atomic E-state index is 0.283. The molecule has 1 unspecified atom stereocenters. The lowest BCUT2D eigenvalue weighted by atomic mass is 10.0. The van der Waals surface area contributed by atoms with Crippen LogP contribution in [0.1, 0.15) is 33.1 Å². The monoisotopic (exact) mass is 226 g/mol. The molecule has 0 bridgehead atoms. The maximum atomic E-state index is 9.31. The minimum absolute atomic E-state index is 0.283. The fourth-order valence-corrected chi connectivity index (χ4v) is 2.17. The second kappa shape index (κ2) is 7.05. The number of nitrogens with zero attached hydrogens (tertiary/aromatic N) is 1. The van der Waals surface area contributed by atoms with Crippen LogP contribution in [0.4, 0.5) is 0 Å². The number of aliphatic hydroxyl groups excluding tert-OH is 1. The molecule has 1 aliphatic heterocycles. The van der Waals surface area contributed by atoms with E-state index < -0.39 is 0 Å². The first kappa shape index (κ1) is 13.7. The van der Waals surface area contributed by atoms with Crippen LogP contribution in [-0.2, 0) is 0 Å². The van der Waals surface area contributed by atoms with Crippen molar-refractivity contribution in [1.29, 1.82) is 0 Å². The summed E-state index contributed by atoms with van der Waals surface area (Å²) in [5.74, 6) is 0. The van der Waals surface area contributed by atoms with Crippen LogP contribution in [0, 0.1) is 0 Å². The number of rotatable bonds is 6. The third kappa shape index (κ3) is 4.64. The Bertz CT molecular complexity index is 216. The average Bonchev–Trinajstić information content (AvgIpc) is 2.27. The fraction of sp³-hybridized carbons (Fsp3) is 0.846. The number of nitrogens with one attached hydrogen (secondary N) is 1. The van der Waals surface area contributed by atoms with Crippen molar-refractivity contribution in [3.8, 4) is 0 Å². The lowest BCUT2D eigenvalue weighted by molar-refractivity contribution is 0.0982. The van der Waals surface area contributed by atoms with Gasteiger partial charge in [-0.15, -0.1) is 0 Å². The van der Waals surface area contributed by atoms with E-state index in [4.69, 9.17) is 0 Å². The van der Waals surface area contributed by atoms with Crippen molar-refractivity contribution in [2.45, 2.75) is 45.2 Å². The topological polar surface area (TPSA) is 35.5 Å². The zero-order chi connectivity index (χ0) is 12.0. The molecule has 1 rings (SSSR count). The molecular formula is C13H26N2O. The largest absolute Gasteiger partial charge is 0.395 e. The van der Waals surface area contributed by atoms with E-state index in [1.54, 1.807) is 0 Å². The molecule has 0 aliphatic carbocycles. The molecule has 3 heteroatoms. The molecule has 3 nitrogen and oxygen atoms in total. The Morgan fingerprint density at radius 3 is 2.88 bits per heavy atom. The first-order valence-corrected chi connectivity index (χ1v) is 6.38. The highest BCUT2D eigenvalue weighted by Gasteiger charge is 2.21. The number of aliphatic hydroxyl groups is 1. The van der Waals surface area contributed by atoms with Crippen LogP contribution in [0.15, 0.2) is 12.2 Å². The molecule has 0 amide bonds. The predicted octanol–water partition coefficient (Wildman–Crippen LogP) is 1.39. The summed E-state index contributed by atoms with van der Waals surface area (Å²) in [6.45, 7) is 11.6. The van der Waals surface area contributed by atoms with E-state index in [0.29, 0.717) is 12.1 Å². The van der Waals surface area contributed by atoms with Crippen LogP contribution < -0.4 is 5.32 Å². The van der Waals surface area contributed by atoms with Crippen molar-refractivity contribution in [1.82, 2.24) is 10.2 Å². The van der Waals surface area contributed by atoms with E-state index in [1.807, 2.05) is 0 Å². The number of piperidine rings is 1. The van der Waals surface area contributed by atoms with Crippen molar-refractivity contribution < 1.29 is 5.11 Å². The summed E-state index contributed by atoms with van der Waals surface area (Å²) in [7, 11) is 0. The van der Waals surface area contributed by atoms with Gasteiger partial charge in [0, 0.05) is 25.2 Å². The molecule has 1 fully saturated rings. The van der Waals surface area contributed by atoms with Gasteiger partial charge in [-0.05, 0) is 25.0 Å². The number of hydrogen-bond donors (Lipinski definition) is 2. The van der Waals surface area contributed by atoms with Gasteiger partial charge in [-0.2, -0.15) is 0 Å². The van der Waals surface area contributed by atoms with Gasteiger partial charge in [-0.3, -0.25) is 4.90 Å². The van der Waals surface area contributed by atoms with Gasteiger partial charge in [-0.25, -0.2) is 0 Å². The van der Waals surface area contributed by atoms with Gasteiger partial charge in [0.2, 0.25) is 0 Å². The summed E-state index contributed by atoms with van der Waals surface area (Å²) >= 11 is 0. The van der Waals surface area contributed by atoms with Crippen LogP contribution >= 0.6 is 0 Å². The quantitative estimate of drug-likeness (QED) is 0.672. The SMILES string of the molecule is C=C(CNC(C)C)CN1CCCCC1CO. The summed E-state index contributed by atoms with van der Waals surface area (Å²) in [6, 6.07) is 0.858. The van der Waals surface area contributed by atoms with Crippen molar-refractivity contribution in [3.63, 3.8) is 0 Å². The third-order valence-corrected chi connectivity index (χ3v) is 3.15. The molecule has 0 radical (unpaired) electrons. The summed E-state index contributed by atoms with van der Waals surface area (Å²) in [4.78, 5) is 2.37. The summed E-state index contributed by atoms with van der Waals surface area (Å²) in [5.41, 5.74) is 1.22. The molecule has 1 aliphatic rings. The number of likely N-dealkylation sites (tertiary alicyclic amines) is 1. The Kier molecular flexibility index (Phi) is 6.03. The summed E-state index contributed by atoms with van der Waals surface area (Å²) in [5, 5.41) is 12.7. The highest BCUT2D eigenvalue weighted by Crippen LogP contribution is 2.17. The molecule has 1 atom stereocenters. The van der Waals surface area contributed by atoms with Gasteiger partial charge in [0.1, 0.15) is 0 Å². The van der Waals surface area contributed by atoms with Crippen LogP contribution in [0.2, 0.25) is 0 Å². The van der Waals surface area contributed by atoms with E-state index in [2.05, 4.69) is 30.6 Å². The first-order chi connectivity index (χ1) is 7.63. The molecule has 0 spiro atoms. The average molecular weight is 226 g/mol. The van der Waals surface area contributed by atoms with E-state index in [-0.39, 0.29) is 6.61 Å². The second-order valence-corrected chi connectivity index (χ2v) is 5.09. The molecule has 1 saturated heterocycles.